The van der Waals surface area contributed by atoms with Gasteiger partial charge < -0.3 is 4.74 Å². The van der Waals surface area contributed by atoms with Gasteiger partial charge in [-0.3, -0.25) is 9.69 Å². The number of amides is 1. The van der Waals surface area contributed by atoms with Crippen LogP contribution in [-0.2, 0) is 22.6 Å². The van der Waals surface area contributed by atoms with Crippen molar-refractivity contribution in [2.75, 3.05) is 4.90 Å². The fraction of sp³-hybridized carbons (Fsp3) is 0.286. The van der Waals surface area contributed by atoms with Gasteiger partial charge in [0, 0.05) is 22.1 Å². The lowest BCUT2D eigenvalue weighted by atomic mass is 10.1. The predicted octanol–water partition coefficient (Wildman–Crippen LogP) is 5.43. The molecule has 0 radical (unpaired) electrons. The van der Waals surface area contributed by atoms with Crippen molar-refractivity contribution in [3.05, 3.63) is 62.3 Å². The van der Waals surface area contributed by atoms with Gasteiger partial charge in [0.05, 0.1) is 16.9 Å². The Morgan fingerprint density at radius 3 is 2.61 bits per heavy atom. The number of benzene rings is 1. The number of anilines is 2. The molecule has 5 nitrogen and oxygen atoms in total. The van der Waals surface area contributed by atoms with Crippen molar-refractivity contribution in [2.24, 2.45) is 0 Å². The highest BCUT2D eigenvalue weighted by Crippen LogP contribution is 2.32. The zero-order valence-corrected chi connectivity index (χ0v) is 17.9. The summed E-state index contributed by atoms with van der Waals surface area (Å²) < 4.78 is 5.42. The third-order valence-corrected chi connectivity index (χ3v) is 6.11. The number of hydrogen-bond acceptors (Lipinski definition) is 6. The molecule has 1 amide bonds. The largest absolute Gasteiger partial charge is 0.456 e. The molecule has 0 atom stereocenters. The molecule has 28 heavy (non-hydrogen) atoms. The van der Waals surface area contributed by atoms with Crippen LogP contribution in [0, 0.1) is 13.8 Å². The standard InChI is InChI=1S/C21H22N2O3S2/c1-5-16-8-6-7-9-19(16)23(15(4)24)21-22-17(12-27-21)11-26-20(25)18-10-13(2)28-14(18)3/h6-10,12H,5,11H2,1-4H3. The molecule has 0 N–H and O–H groups in total. The Morgan fingerprint density at radius 1 is 1.21 bits per heavy atom. The first kappa shape index (κ1) is 20.2. The summed E-state index contributed by atoms with van der Waals surface area (Å²) in [7, 11) is 0. The number of carbonyl (C=O) groups is 2. The Kier molecular flexibility index (Phi) is 6.26. The topological polar surface area (TPSA) is 59.5 Å². The van der Waals surface area contributed by atoms with Gasteiger partial charge in [0.2, 0.25) is 5.91 Å². The highest BCUT2D eigenvalue weighted by molar-refractivity contribution is 7.14. The summed E-state index contributed by atoms with van der Waals surface area (Å²) in [6.07, 6.45) is 0.815. The molecule has 2 heterocycles. The van der Waals surface area contributed by atoms with E-state index in [1.807, 2.05) is 49.6 Å². The van der Waals surface area contributed by atoms with E-state index in [1.165, 1.54) is 18.3 Å². The van der Waals surface area contributed by atoms with Gasteiger partial charge in [-0.2, -0.15) is 0 Å². The molecule has 1 aromatic carbocycles. The summed E-state index contributed by atoms with van der Waals surface area (Å²) in [6, 6.07) is 9.64. The molecule has 0 fully saturated rings. The number of rotatable bonds is 6. The van der Waals surface area contributed by atoms with Crippen LogP contribution in [-0.4, -0.2) is 16.9 Å². The highest BCUT2D eigenvalue weighted by Gasteiger charge is 2.21. The molecule has 0 unspecified atom stereocenters. The molecule has 3 aromatic rings. The van der Waals surface area contributed by atoms with E-state index in [0.717, 1.165) is 27.4 Å². The van der Waals surface area contributed by atoms with Crippen molar-refractivity contribution in [1.82, 2.24) is 4.98 Å². The lowest BCUT2D eigenvalue weighted by Crippen LogP contribution is -2.23. The Hall–Kier alpha value is -2.51. The average Bonchev–Trinajstić information content (AvgIpc) is 3.26. The van der Waals surface area contributed by atoms with E-state index in [9.17, 15) is 9.59 Å². The van der Waals surface area contributed by atoms with Crippen LogP contribution in [0.25, 0.3) is 0 Å². The van der Waals surface area contributed by atoms with Crippen LogP contribution in [0.15, 0.2) is 35.7 Å². The summed E-state index contributed by atoms with van der Waals surface area (Å²) in [5, 5.41) is 2.39. The number of nitrogens with zero attached hydrogens (tertiary/aromatic N) is 2. The number of aryl methyl sites for hydroxylation is 3. The molecule has 0 saturated carbocycles. The van der Waals surface area contributed by atoms with Crippen LogP contribution < -0.4 is 4.90 Å². The minimum absolute atomic E-state index is 0.0742. The van der Waals surface area contributed by atoms with Crippen molar-refractivity contribution >= 4 is 45.4 Å². The molecule has 0 spiro atoms. The van der Waals surface area contributed by atoms with Gasteiger partial charge in [-0.15, -0.1) is 22.7 Å². The van der Waals surface area contributed by atoms with Gasteiger partial charge >= 0.3 is 5.97 Å². The second kappa shape index (κ2) is 8.67. The molecule has 7 heteroatoms. The van der Waals surface area contributed by atoms with Crippen molar-refractivity contribution in [3.8, 4) is 0 Å². The monoisotopic (exact) mass is 414 g/mol. The zero-order chi connectivity index (χ0) is 20.3. The maximum atomic E-state index is 12.3. The quantitative estimate of drug-likeness (QED) is 0.505. The smallest absolute Gasteiger partial charge is 0.339 e. The van der Waals surface area contributed by atoms with E-state index in [0.29, 0.717) is 16.4 Å². The Labute approximate surface area is 172 Å². The van der Waals surface area contributed by atoms with Gasteiger partial charge in [0.15, 0.2) is 5.13 Å². The third kappa shape index (κ3) is 4.31. The number of ether oxygens (including phenoxy) is 1. The number of esters is 1. The SMILES string of the molecule is CCc1ccccc1N(C(C)=O)c1nc(COC(=O)c2cc(C)sc2C)cs1. The van der Waals surface area contributed by atoms with Crippen LogP contribution in [0.4, 0.5) is 10.8 Å². The van der Waals surface area contributed by atoms with E-state index in [2.05, 4.69) is 11.9 Å². The predicted molar refractivity (Wildman–Crippen MR) is 114 cm³/mol. The average molecular weight is 415 g/mol. The molecule has 0 aliphatic carbocycles. The van der Waals surface area contributed by atoms with Crippen molar-refractivity contribution in [1.29, 1.82) is 0 Å². The molecular formula is C21H22N2O3S2. The Morgan fingerprint density at radius 2 is 1.96 bits per heavy atom. The second-order valence-electron chi connectivity index (χ2n) is 6.36. The number of carbonyl (C=O) groups excluding carboxylic acids is 2. The number of aromatic nitrogens is 1. The zero-order valence-electron chi connectivity index (χ0n) is 16.3. The molecule has 146 valence electrons. The Bertz CT molecular complexity index is 1010. The first-order valence-electron chi connectivity index (χ1n) is 8.97. The maximum absolute atomic E-state index is 12.3. The van der Waals surface area contributed by atoms with Crippen LogP contribution in [0.5, 0.6) is 0 Å². The van der Waals surface area contributed by atoms with Crippen LogP contribution in [0.2, 0.25) is 0 Å². The molecule has 0 bridgehead atoms. The third-order valence-electron chi connectivity index (χ3n) is 4.27. The van der Waals surface area contributed by atoms with E-state index in [4.69, 9.17) is 4.74 Å². The van der Waals surface area contributed by atoms with E-state index >= 15 is 0 Å². The normalized spacial score (nSPS) is 10.7. The minimum Gasteiger partial charge on any atom is -0.456 e. The second-order valence-corrected chi connectivity index (χ2v) is 8.66. The number of para-hydroxylation sites is 1. The number of thiophene rings is 1. The summed E-state index contributed by atoms with van der Waals surface area (Å²) in [4.78, 5) is 32.8. The van der Waals surface area contributed by atoms with Gasteiger partial charge in [-0.05, 0) is 38.0 Å². The first-order valence-corrected chi connectivity index (χ1v) is 10.7. The van der Waals surface area contributed by atoms with Gasteiger partial charge in [-0.25, -0.2) is 9.78 Å². The molecule has 0 aliphatic heterocycles. The van der Waals surface area contributed by atoms with Crippen LogP contribution in [0.3, 0.4) is 0 Å². The van der Waals surface area contributed by atoms with E-state index in [-0.39, 0.29) is 18.5 Å². The van der Waals surface area contributed by atoms with Gasteiger partial charge in [-0.1, -0.05) is 25.1 Å². The molecule has 0 aliphatic rings. The molecule has 2 aromatic heterocycles. The highest BCUT2D eigenvalue weighted by atomic mass is 32.1. The van der Waals surface area contributed by atoms with E-state index in [1.54, 1.807) is 16.2 Å². The maximum Gasteiger partial charge on any atom is 0.339 e. The van der Waals surface area contributed by atoms with Gasteiger partial charge in [0.25, 0.3) is 0 Å². The molecule has 0 saturated heterocycles. The van der Waals surface area contributed by atoms with Crippen molar-refractivity contribution < 1.29 is 14.3 Å². The van der Waals surface area contributed by atoms with Crippen molar-refractivity contribution in [2.45, 2.75) is 40.7 Å². The lowest BCUT2D eigenvalue weighted by molar-refractivity contribution is -0.115. The number of thiazole rings is 1. The Balaban J connectivity index is 1.77. The summed E-state index contributed by atoms with van der Waals surface area (Å²) in [5.74, 6) is -0.459. The number of hydrogen-bond donors (Lipinski definition) is 0. The van der Waals surface area contributed by atoms with E-state index < -0.39 is 0 Å². The van der Waals surface area contributed by atoms with Crippen LogP contribution in [0.1, 0.15) is 45.2 Å². The summed E-state index contributed by atoms with van der Waals surface area (Å²) in [5.41, 5.74) is 3.13. The fourth-order valence-electron chi connectivity index (χ4n) is 2.95. The molecule has 3 rings (SSSR count). The summed E-state index contributed by atoms with van der Waals surface area (Å²) >= 11 is 2.93. The first-order chi connectivity index (χ1) is 13.4. The fourth-order valence-corrected chi connectivity index (χ4v) is 4.73. The lowest BCUT2D eigenvalue weighted by Gasteiger charge is -2.20. The van der Waals surface area contributed by atoms with Gasteiger partial charge in [0.1, 0.15) is 6.61 Å². The molecular weight excluding hydrogens is 392 g/mol. The van der Waals surface area contributed by atoms with Crippen molar-refractivity contribution in [3.63, 3.8) is 0 Å². The minimum atomic E-state index is -0.351. The van der Waals surface area contributed by atoms with Crippen LogP contribution >= 0.6 is 22.7 Å². The summed E-state index contributed by atoms with van der Waals surface area (Å²) in [6.45, 7) is 7.52.